The van der Waals surface area contributed by atoms with Crippen LogP contribution in [0.2, 0.25) is 0 Å². The van der Waals surface area contributed by atoms with Crippen LogP contribution < -0.4 is 16.0 Å². The molecule has 1 aromatic rings. The lowest BCUT2D eigenvalue weighted by Crippen LogP contribution is -2.37. The van der Waals surface area contributed by atoms with Gasteiger partial charge in [-0.3, -0.25) is 14.4 Å². The van der Waals surface area contributed by atoms with Crippen molar-refractivity contribution in [2.24, 2.45) is 5.92 Å². The molecule has 0 aliphatic carbocycles. The van der Waals surface area contributed by atoms with E-state index in [1.54, 1.807) is 0 Å². The van der Waals surface area contributed by atoms with Crippen LogP contribution in [0.15, 0.2) is 24.3 Å². The van der Waals surface area contributed by atoms with Crippen molar-refractivity contribution in [3.63, 3.8) is 0 Å². The zero-order chi connectivity index (χ0) is 16.7. The van der Waals surface area contributed by atoms with Crippen molar-refractivity contribution in [3.8, 4) is 0 Å². The first-order valence-corrected chi connectivity index (χ1v) is 8.02. The molecule has 1 aromatic carbocycles. The number of para-hydroxylation sites is 1. The van der Waals surface area contributed by atoms with Crippen molar-refractivity contribution in [2.45, 2.75) is 32.6 Å². The van der Waals surface area contributed by atoms with E-state index in [-0.39, 0.29) is 36.6 Å². The molecule has 0 fully saturated rings. The molecular formula is C17H23N3O3. The molecule has 0 spiro atoms. The second-order valence-electron chi connectivity index (χ2n) is 5.71. The lowest BCUT2D eigenvalue weighted by Gasteiger charge is -2.24. The Morgan fingerprint density at radius 2 is 2.00 bits per heavy atom. The molecule has 0 aromatic heterocycles. The van der Waals surface area contributed by atoms with Crippen molar-refractivity contribution < 1.29 is 14.4 Å². The van der Waals surface area contributed by atoms with Crippen LogP contribution in [0.1, 0.15) is 31.7 Å². The van der Waals surface area contributed by atoms with Gasteiger partial charge in [-0.1, -0.05) is 25.1 Å². The molecule has 0 radical (unpaired) electrons. The van der Waals surface area contributed by atoms with Gasteiger partial charge in [-0.05, 0) is 30.9 Å². The number of hydrogen-bond acceptors (Lipinski definition) is 3. The molecule has 1 aliphatic rings. The molecular weight excluding hydrogens is 294 g/mol. The molecule has 3 N–H and O–H groups in total. The molecule has 0 bridgehead atoms. The quantitative estimate of drug-likeness (QED) is 0.706. The van der Waals surface area contributed by atoms with Gasteiger partial charge >= 0.3 is 0 Å². The van der Waals surface area contributed by atoms with Gasteiger partial charge in [0.15, 0.2) is 0 Å². The zero-order valence-electron chi connectivity index (χ0n) is 13.4. The number of amides is 3. The van der Waals surface area contributed by atoms with Gasteiger partial charge in [0.1, 0.15) is 0 Å². The van der Waals surface area contributed by atoms with Crippen molar-refractivity contribution in [3.05, 3.63) is 29.8 Å². The third kappa shape index (κ3) is 5.09. The molecule has 124 valence electrons. The van der Waals surface area contributed by atoms with Crippen LogP contribution in [-0.4, -0.2) is 30.8 Å². The summed E-state index contributed by atoms with van der Waals surface area (Å²) in [6.07, 6.45) is 2.22. The normalized spacial score (nSPS) is 16.2. The summed E-state index contributed by atoms with van der Waals surface area (Å²) in [6.45, 7) is 2.56. The van der Waals surface area contributed by atoms with Crippen molar-refractivity contribution in [1.29, 1.82) is 0 Å². The molecule has 0 saturated heterocycles. The maximum absolute atomic E-state index is 12.0. The van der Waals surface area contributed by atoms with E-state index >= 15 is 0 Å². The molecule has 23 heavy (non-hydrogen) atoms. The fourth-order valence-electron chi connectivity index (χ4n) is 2.55. The molecule has 6 heteroatoms. The topological polar surface area (TPSA) is 87.3 Å². The zero-order valence-corrected chi connectivity index (χ0v) is 13.4. The Morgan fingerprint density at radius 1 is 1.22 bits per heavy atom. The third-order valence-corrected chi connectivity index (χ3v) is 3.85. The highest BCUT2D eigenvalue weighted by Crippen LogP contribution is 2.27. The number of carbonyl (C=O) groups excluding carboxylic acids is 3. The second-order valence-corrected chi connectivity index (χ2v) is 5.71. The van der Waals surface area contributed by atoms with Gasteiger partial charge < -0.3 is 16.0 Å². The summed E-state index contributed by atoms with van der Waals surface area (Å²) in [5.74, 6) is -0.644. The van der Waals surface area contributed by atoms with Gasteiger partial charge in [0.05, 0.1) is 6.54 Å². The number of hydrogen-bond donors (Lipinski definition) is 3. The largest absolute Gasteiger partial charge is 0.355 e. The van der Waals surface area contributed by atoms with Gasteiger partial charge in [-0.15, -0.1) is 0 Å². The number of anilines is 1. The van der Waals surface area contributed by atoms with E-state index in [2.05, 4.69) is 16.0 Å². The minimum absolute atomic E-state index is 0.0153. The van der Waals surface area contributed by atoms with Crippen LogP contribution in [0.4, 0.5) is 5.69 Å². The van der Waals surface area contributed by atoms with Crippen molar-refractivity contribution in [1.82, 2.24) is 10.6 Å². The fraction of sp³-hybridized carbons (Fsp3) is 0.471. The monoisotopic (exact) mass is 317 g/mol. The highest BCUT2D eigenvalue weighted by Gasteiger charge is 2.26. The molecule has 1 aliphatic heterocycles. The Labute approximate surface area is 136 Å². The number of fused-ring (bicyclic) bond motifs is 1. The van der Waals surface area contributed by atoms with Crippen molar-refractivity contribution in [2.75, 3.05) is 18.4 Å². The highest BCUT2D eigenvalue weighted by atomic mass is 16.2. The summed E-state index contributed by atoms with van der Waals surface area (Å²) >= 11 is 0. The fourth-order valence-corrected chi connectivity index (χ4v) is 2.55. The Balaban J connectivity index is 1.74. The van der Waals surface area contributed by atoms with Gasteiger partial charge in [0.2, 0.25) is 17.7 Å². The van der Waals surface area contributed by atoms with Crippen LogP contribution in [0.3, 0.4) is 0 Å². The Bertz CT molecular complexity index is 586. The van der Waals surface area contributed by atoms with Crippen LogP contribution in [0.25, 0.3) is 0 Å². The van der Waals surface area contributed by atoms with Gasteiger partial charge in [-0.2, -0.15) is 0 Å². The average molecular weight is 317 g/mol. The van der Waals surface area contributed by atoms with E-state index in [0.29, 0.717) is 19.4 Å². The van der Waals surface area contributed by atoms with E-state index in [9.17, 15) is 14.4 Å². The first-order chi connectivity index (χ1) is 11.1. The standard InChI is InChI=1S/C17H23N3O3/c1-2-9-18-16(22)11-19-15(21)8-7-13-10-12-5-3-4-6-14(12)20-17(13)23/h3-6,13H,2,7-11H2,1H3,(H,18,22)(H,19,21)(H,20,23)/t13-/m0/s1. The molecule has 0 unspecified atom stereocenters. The predicted molar refractivity (Wildman–Crippen MR) is 87.8 cm³/mol. The van der Waals surface area contributed by atoms with Crippen LogP contribution in [-0.2, 0) is 20.8 Å². The second kappa shape index (κ2) is 8.31. The summed E-state index contributed by atoms with van der Waals surface area (Å²) in [5.41, 5.74) is 1.95. The summed E-state index contributed by atoms with van der Waals surface area (Å²) < 4.78 is 0. The summed E-state index contributed by atoms with van der Waals surface area (Å²) in [5, 5.41) is 8.15. The van der Waals surface area contributed by atoms with E-state index < -0.39 is 0 Å². The number of rotatable bonds is 7. The molecule has 1 atom stereocenters. The Hall–Kier alpha value is -2.37. The lowest BCUT2D eigenvalue weighted by atomic mass is 9.89. The first kappa shape index (κ1) is 17.0. The maximum Gasteiger partial charge on any atom is 0.239 e. The van der Waals surface area contributed by atoms with Gasteiger partial charge in [0.25, 0.3) is 0 Å². The third-order valence-electron chi connectivity index (χ3n) is 3.85. The molecule has 1 heterocycles. The number of carbonyl (C=O) groups is 3. The van der Waals surface area contributed by atoms with Crippen LogP contribution in [0.5, 0.6) is 0 Å². The van der Waals surface area contributed by atoms with E-state index in [1.807, 2.05) is 31.2 Å². The molecule has 3 amide bonds. The minimum Gasteiger partial charge on any atom is -0.355 e. The summed E-state index contributed by atoms with van der Waals surface area (Å²) in [7, 11) is 0. The molecule has 6 nitrogen and oxygen atoms in total. The smallest absolute Gasteiger partial charge is 0.239 e. The van der Waals surface area contributed by atoms with Crippen LogP contribution >= 0.6 is 0 Å². The SMILES string of the molecule is CCCNC(=O)CNC(=O)CC[C@H]1Cc2ccccc2NC1=O. The Morgan fingerprint density at radius 3 is 2.78 bits per heavy atom. The van der Waals surface area contributed by atoms with E-state index in [0.717, 1.165) is 17.7 Å². The molecule has 0 saturated carbocycles. The van der Waals surface area contributed by atoms with Crippen molar-refractivity contribution >= 4 is 23.4 Å². The maximum atomic E-state index is 12.0. The Kier molecular flexibility index (Phi) is 6.14. The van der Waals surface area contributed by atoms with Gasteiger partial charge in [0, 0.05) is 24.6 Å². The highest BCUT2D eigenvalue weighted by molar-refractivity contribution is 5.96. The van der Waals surface area contributed by atoms with Gasteiger partial charge in [-0.25, -0.2) is 0 Å². The van der Waals surface area contributed by atoms with Crippen LogP contribution in [0, 0.1) is 5.92 Å². The van der Waals surface area contributed by atoms with E-state index in [1.165, 1.54) is 0 Å². The average Bonchev–Trinajstić information content (AvgIpc) is 2.56. The minimum atomic E-state index is -0.205. The first-order valence-electron chi connectivity index (χ1n) is 8.02. The molecule has 2 rings (SSSR count). The number of benzene rings is 1. The summed E-state index contributed by atoms with van der Waals surface area (Å²) in [4.78, 5) is 35.3. The lowest BCUT2D eigenvalue weighted by molar-refractivity contribution is -0.126. The predicted octanol–water partition coefficient (Wildman–Crippen LogP) is 1.22. The van der Waals surface area contributed by atoms with E-state index in [4.69, 9.17) is 0 Å². The number of nitrogens with one attached hydrogen (secondary N) is 3. The summed E-state index contributed by atoms with van der Waals surface area (Å²) in [6, 6.07) is 7.69.